The summed E-state index contributed by atoms with van der Waals surface area (Å²) in [6.07, 6.45) is 0. The third-order valence-electron chi connectivity index (χ3n) is 2.66. The van der Waals surface area contributed by atoms with Gasteiger partial charge < -0.3 is 5.32 Å². The monoisotopic (exact) mass is 357 g/mol. The number of anilines is 1. The van der Waals surface area contributed by atoms with Crippen LogP contribution in [0.15, 0.2) is 40.9 Å². The number of nitrogens with one attached hydrogen (secondary N) is 1. The molecule has 0 heterocycles. The van der Waals surface area contributed by atoms with E-state index in [0.29, 0.717) is 25.8 Å². The molecule has 0 fully saturated rings. The fourth-order valence-corrected chi connectivity index (χ4v) is 2.50. The molecular formula is C14H10BrCl2NO. The summed E-state index contributed by atoms with van der Waals surface area (Å²) in [5.41, 5.74) is 1.90. The molecule has 0 bridgehead atoms. The van der Waals surface area contributed by atoms with Crippen LogP contribution in [0.1, 0.15) is 15.9 Å². The van der Waals surface area contributed by atoms with E-state index in [1.165, 1.54) is 0 Å². The normalized spacial score (nSPS) is 10.3. The highest BCUT2D eigenvalue weighted by atomic mass is 79.9. The summed E-state index contributed by atoms with van der Waals surface area (Å²) in [6.45, 7) is 1.88. The molecule has 0 aromatic heterocycles. The molecule has 2 aromatic rings. The molecular weight excluding hydrogens is 349 g/mol. The topological polar surface area (TPSA) is 29.1 Å². The van der Waals surface area contributed by atoms with Gasteiger partial charge in [-0.15, -0.1) is 0 Å². The highest BCUT2D eigenvalue weighted by Gasteiger charge is 2.14. The molecule has 2 rings (SSSR count). The number of benzene rings is 2. The standard InChI is InChI=1S/C14H10BrCl2NO/c1-8-4-2-7-11(16)13(8)18-14(19)9-5-3-6-10(15)12(9)17/h2-7H,1H3,(H,18,19). The van der Waals surface area contributed by atoms with Crippen molar-refractivity contribution in [3.63, 3.8) is 0 Å². The van der Waals surface area contributed by atoms with Crippen molar-refractivity contribution in [1.29, 1.82) is 0 Å². The van der Waals surface area contributed by atoms with Crippen LogP contribution >= 0.6 is 39.1 Å². The average molecular weight is 359 g/mol. The minimum atomic E-state index is -0.289. The molecule has 1 N–H and O–H groups in total. The fourth-order valence-electron chi connectivity index (χ4n) is 1.65. The molecule has 98 valence electrons. The molecule has 0 aliphatic heterocycles. The SMILES string of the molecule is Cc1cccc(Cl)c1NC(=O)c1cccc(Br)c1Cl. The lowest BCUT2D eigenvalue weighted by Crippen LogP contribution is -2.13. The van der Waals surface area contributed by atoms with Crippen molar-refractivity contribution in [2.75, 3.05) is 5.32 Å². The Labute approximate surface area is 129 Å². The molecule has 0 aliphatic carbocycles. The maximum absolute atomic E-state index is 12.2. The van der Waals surface area contributed by atoms with E-state index in [1.807, 2.05) is 19.1 Å². The molecule has 0 spiro atoms. The van der Waals surface area contributed by atoms with E-state index in [2.05, 4.69) is 21.2 Å². The zero-order chi connectivity index (χ0) is 14.0. The van der Waals surface area contributed by atoms with Crippen LogP contribution in [0.2, 0.25) is 10.0 Å². The quantitative estimate of drug-likeness (QED) is 0.773. The first-order valence-corrected chi connectivity index (χ1v) is 7.06. The smallest absolute Gasteiger partial charge is 0.257 e. The van der Waals surface area contributed by atoms with E-state index >= 15 is 0 Å². The van der Waals surface area contributed by atoms with Crippen molar-refractivity contribution in [3.8, 4) is 0 Å². The largest absolute Gasteiger partial charge is 0.320 e. The van der Waals surface area contributed by atoms with Crippen molar-refractivity contribution in [3.05, 3.63) is 62.0 Å². The number of halogens is 3. The molecule has 5 heteroatoms. The van der Waals surface area contributed by atoms with Gasteiger partial charge in [-0.25, -0.2) is 0 Å². The van der Waals surface area contributed by atoms with Crippen LogP contribution < -0.4 is 5.32 Å². The van der Waals surface area contributed by atoms with Crippen molar-refractivity contribution < 1.29 is 4.79 Å². The molecule has 0 aliphatic rings. The van der Waals surface area contributed by atoms with Gasteiger partial charge in [0.1, 0.15) is 0 Å². The highest BCUT2D eigenvalue weighted by molar-refractivity contribution is 9.10. The molecule has 0 saturated heterocycles. The predicted octanol–water partition coefficient (Wildman–Crippen LogP) is 5.32. The zero-order valence-electron chi connectivity index (χ0n) is 10.0. The fraction of sp³-hybridized carbons (Fsp3) is 0.0714. The molecule has 0 atom stereocenters. The average Bonchev–Trinajstić information content (AvgIpc) is 2.37. The van der Waals surface area contributed by atoms with Crippen LogP contribution in [0.4, 0.5) is 5.69 Å². The van der Waals surface area contributed by atoms with Crippen LogP contribution in [0.25, 0.3) is 0 Å². The Bertz CT molecular complexity index is 623. The van der Waals surface area contributed by atoms with Gasteiger partial charge in [0.05, 0.1) is 21.3 Å². The first-order chi connectivity index (χ1) is 9.00. The van der Waals surface area contributed by atoms with Gasteiger partial charge in [-0.05, 0) is 46.6 Å². The maximum Gasteiger partial charge on any atom is 0.257 e. The van der Waals surface area contributed by atoms with Crippen LogP contribution in [0, 0.1) is 6.92 Å². The Hall–Kier alpha value is -1.03. The van der Waals surface area contributed by atoms with Gasteiger partial charge in [0.2, 0.25) is 0 Å². The second-order valence-corrected chi connectivity index (χ2v) is 5.63. The van der Waals surface area contributed by atoms with Gasteiger partial charge in [0.25, 0.3) is 5.91 Å². The summed E-state index contributed by atoms with van der Waals surface area (Å²) < 4.78 is 0.678. The highest BCUT2D eigenvalue weighted by Crippen LogP contribution is 2.29. The molecule has 0 radical (unpaired) electrons. The van der Waals surface area contributed by atoms with Crippen LogP contribution in [0.3, 0.4) is 0 Å². The number of amides is 1. The summed E-state index contributed by atoms with van der Waals surface area (Å²) in [5.74, 6) is -0.289. The first kappa shape index (κ1) is 14.4. The van der Waals surface area contributed by atoms with Crippen molar-refractivity contribution >= 4 is 50.7 Å². The Morgan fingerprint density at radius 2 is 1.84 bits per heavy atom. The first-order valence-electron chi connectivity index (χ1n) is 5.51. The number of carbonyl (C=O) groups excluding carboxylic acids is 1. The Morgan fingerprint density at radius 1 is 1.16 bits per heavy atom. The van der Waals surface area contributed by atoms with Crippen molar-refractivity contribution in [1.82, 2.24) is 0 Å². The molecule has 0 unspecified atom stereocenters. The zero-order valence-corrected chi connectivity index (χ0v) is 13.1. The second kappa shape index (κ2) is 5.95. The van der Waals surface area contributed by atoms with E-state index in [4.69, 9.17) is 23.2 Å². The lowest BCUT2D eigenvalue weighted by molar-refractivity contribution is 0.102. The maximum atomic E-state index is 12.2. The lowest BCUT2D eigenvalue weighted by Gasteiger charge is -2.11. The lowest BCUT2D eigenvalue weighted by atomic mass is 10.1. The van der Waals surface area contributed by atoms with Gasteiger partial charge in [0, 0.05) is 4.47 Å². The van der Waals surface area contributed by atoms with Crippen LogP contribution in [-0.2, 0) is 0 Å². The minimum absolute atomic E-state index is 0.289. The number of hydrogen-bond acceptors (Lipinski definition) is 1. The van der Waals surface area contributed by atoms with Gasteiger partial charge >= 0.3 is 0 Å². The van der Waals surface area contributed by atoms with Crippen molar-refractivity contribution in [2.45, 2.75) is 6.92 Å². The van der Waals surface area contributed by atoms with E-state index in [1.54, 1.807) is 24.3 Å². The van der Waals surface area contributed by atoms with Gasteiger partial charge in [-0.1, -0.05) is 41.4 Å². The molecule has 2 aromatic carbocycles. The van der Waals surface area contributed by atoms with E-state index in [9.17, 15) is 4.79 Å². The number of carbonyl (C=O) groups is 1. The number of para-hydroxylation sites is 1. The molecule has 2 nitrogen and oxygen atoms in total. The Kier molecular flexibility index (Phi) is 4.50. The van der Waals surface area contributed by atoms with Crippen LogP contribution in [-0.4, -0.2) is 5.91 Å². The summed E-state index contributed by atoms with van der Waals surface area (Å²) in [4.78, 5) is 12.2. The number of aryl methyl sites for hydroxylation is 1. The summed E-state index contributed by atoms with van der Waals surface area (Å²) in [5, 5.41) is 3.67. The van der Waals surface area contributed by atoms with Gasteiger partial charge in [-0.2, -0.15) is 0 Å². The number of rotatable bonds is 2. The van der Waals surface area contributed by atoms with Crippen LogP contribution in [0.5, 0.6) is 0 Å². The Balaban J connectivity index is 2.34. The summed E-state index contributed by atoms with van der Waals surface area (Å²) in [6, 6.07) is 10.6. The van der Waals surface area contributed by atoms with Gasteiger partial charge in [0.15, 0.2) is 0 Å². The minimum Gasteiger partial charge on any atom is -0.320 e. The third-order valence-corrected chi connectivity index (χ3v) is 4.27. The molecule has 19 heavy (non-hydrogen) atoms. The van der Waals surface area contributed by atoms with E-state index < -0.39 is 0 Å². The molecule has 1 amide bonds. The molecule has 0 saturated carbocycles. The summed E-state index contributed by atoms with van der Waals surface area (Å²) in [7, 11) is 0. The summed E-state index contributed by atoms with van der Waals surface area (Å²) >= 11 is 15.5. The third kappa shape index (κ3) is 3.11. The van der Waals surface area contributed by atoms with Gasteiger partial charge in [-0.3, -0.25) is 4.79 Å². The second-order valence-electron chi connectivity index (χ2n) is 3.99. The van der Waals surface area contributed by atoms with Crippen molar-refractivity contribution in [2.24, 2.45) is 0 Å². The number of hydrogen-bond donors (Lipinski definition) is 1. The Morgan fingerprint density at radius 3 is 2.53 bits per heavy atom. The van der Waals surface area contributed by atoms with E-state index in [0.717, 1.165) is 5.56 Å². The predicted molar refractivity (Wildman–Crippen MR) is 83.3 cm³/mol. The van der Waals surface area contributed by atoms with E-state index in [-0.39, 0.29) is 5.91 Å².